The number of hydrogen-bond acceptors (Lipinski definition) is 9. The summed E-state index contributed by atoms with van der Waals surface area (Å²) >= 11 is 1.14. The number of thioether (sulfide) groups is 1. The van der Waals surface area contributed by atoms with Gasteiger partial charge in [0.15, 0.2) is 12.2 Å². The highest BCUT2D eigenvalue weighted by Gasteiger charge is 2.50. The van der Waals surface area contributed by atoms with Gasteiger partial charge in [0.25, 0.3) is 5.56 Å². The maximum Gasteiger partial charge on any atom is 0.329 e. The first-order valence-corrected chi connectivity index (χ1v) is 8.99. The molecule has 0 spiro atoms. The number of esters is 3. The molecule has 148 valence electrons. The Morgan fingerprint density at radius 3 is 2.22 bits per heavy atom. The predicted octanol–water partition coefficient (Wildman–Crippen LogP) is -0.114. The Hall–Kier alpha value is -2.56. The maximum absolute atomic E-state index is 12.3. The molecule has 0 saturated carbocycles. The molecule has 0 unspecified atom stereocenters. The van der Waals surface area contributed by atoms with Crippen LogP contribution in [-0.4, -0.2) is 51.5 Å². The second-order valence-electron chi connectivity index (χ2n) is 5.99. The fourth-order valence-corrected chi connectivity index (χ4v) is 4.22. The molecule has 1 fully saturated rings. The molecular weight excluding hydrogens is 380 g/mol. The summed E-state index contributed by atoms with van der Waals surface area (Å²) in [5.41, 5.74) is -0.949. The molecule has 27 heavy (non-hydrogen) atoms. The molecule has 1 aromatic heterocycles. The van der Waals surface area contributed by atoms with Gasteiger partial charge in [-0.3, -0.25) is 28.7 Å². The third-order valence-electron chi connectivity index (χ3n) is 3.76. The third kappa shape index (κ3) is 5.00. The summed E-state index contributed by atoms with van der Waals surface area (Å²) in [5.74, 6) is -1.77. The second-order valence-corrected chi connectivity index (χ2v) is 7.36. The van der Waals surface area contributed by atoms with Gasteiger partial charge in [-0.2, -0.15) is 0 Å². The smallest absolute Gasteiger partial charge is 0.329 e. The minimum atomic E-state index is -1.01. The predicted molar refractivity (Wildman–Crippen MR) is 94.2 cm³/mol. The standard InChI is InChI=1S/C16H20N2O8S/c1-7-5-18(16(23)17-14(7)22)15-13(26-10(4)21)12(25-9(3)20)11(27-15)6-24-8(2)19/h5,11-13,15H,6H2,1-4H3,(H,17,22,23)/t11-,12-,13-,15-/m0/s1. The molecule has 0 amide bonds. The summed E-state index contributed by atoms with van der Waals surface area (Å²) in [7, 11) is 0. The number of hydrogen-bond donors (Lipinski definition) is 1. The van der Waals surface area contributed by atoms with E-state index in [0.717, 1.165) is 11.8 Å². The molecule has 1 saturated heterocycles. The quantitative estimate of drug-likeness (QED) is 0.530. The van der Waals surface area contributed by atoms with Crippen molar-refractivity contribution in [1.29, 1.82) is 0 Å². The topological polar surface area (TPSA) is 134 Å². The number of nitrogens with one attached hydrogen (secondary N) is 1. The van der Waals surface area contributed by atoms with Crippen molar-refractivity contribution in [2.45, 2.75) is 50.5 Å². The van der Waals surface area contributed by atoms with Crippen LogP contribution in [0.15, 0.2) is 15.8 Å². The van der Waals surface area contributed by atoms with E-state index in [0.29, 0.717) is 0 Å². The Morgan fingerprint density at radius 1 is 1.07 bits per heavy atom. The molecule has 10 nitrogen and oxygen atoms in total. The molecule has 2 rings (SSSR count). The van der Waals surface area contributed by atoms with Gasteiger partial charge in [-0.15, -0.1) is 11.8 Å². The lowest BCUT2D eigenvalue weighted by atomic mass is 10.1. The number of aromatic amines is 1. The minimum absolute atomic E-state index is 0.108. The molecule has 1 aliphatic heterocycles. The van der Waals surface area contributed by atoms with E-state index in [1.54, 1.807) is 0 Å². The zero-order valence-corrected chi connectivity index (χ0v) is 16.0. The van der Waals surface area contributed by atoms with Gasteiger partial charge in [0.05, 0.1) is 5.25 Å². The number of H-pyrrole nitrogens is 1. The van der Waals surface area contributed by atoms with Gasteiger partial charge in [0.1, 0.15) is 12.0 Å². The van der Waals surface area contributed by atoms with Gasteiger partial charge in [-0.1, -0.05) is 0 Å². The van der Waals surface area contributed by atoms with E-state index in [-0.39, 0.29) is 12.2 Å². The molecule has 0 aromatic carbocycles. The van der Waals surface area contributed by atoms with Crippen molar-refractivity contribution in [1.82, 2.24) is 9.55 Å². The van der Waals surface area contributed by atoms with Gasteiger partial charge in [0, 0.05) is 32.5 Å². The Bertz CT molecular complexity index is 861. The van der Waals surface area contributed by atoms with Crippen LogP contribution in [0.1, 0.15) is 31.7 Å². The van der Waals surface area contributed by atoms with Crippen LogP contribution in [0.3, 0.4) is 0 Å². The lowest BCUT2D eigenvalue weighted by Gasteiger charge is -2.25. The number of carbonyl (C=O) groups excluding carboxylic acids is 3. The van der Waals surface area contributed by atoms with Crippen LogP contribution in [0, 0.1) is 6.92 Å². The highest BCUT2D eigenvalue weighted by molar-refractivity contribution is 8.00. The maximum atomic E-state index is 12.3. The van der Waals surface area contributed by atoms with Crippen LogP contribution in [0.25, 0.3) is 0 Å². The summed E-state index contributed by atoms with van der Waals surface area (Å²) in [5, 5.41) is -1.37. The van der Waals surface area contributed by atoms with Crippen LogP contribution >= 0.6 is 11.8 Å². The summed E-state index contributed by atoms with van der Waals surface area (Å²) in [6.45, 7) is 5.03. The molecule has 0 bridgehead atoms. The number of aryl methyl sites for hydroxylation is 1. The van der Waals surface area contributed by atoms with Gasteiger partial charge < -0.3 is 14.2 Å². The van der Waals surface area contributed by atoms with E-state index in [1.165, 1.54) is 38.5 Å². The van der Waals surface area contributed by atoms with Crippen LogP contribution < -0.4 is 11.2 Å². The lowest BCUT2D eigenvalue weighted by molar-refractivity contribution is -0.166. The Morgan fingerprint density at radius 2 is 1.67 bits per heavy atom. The van der Waals surface area contributed by atoms with Crippen molar-refractivity contribution in [3.8, 4) is 0 Å². The number of nitrogens with zero attached hydrogens (tertiary/aromatic N) is 1. The van der Waals surface area contributed by atoms with Gasteiger partial charge in [-0.25, -0.2) is 4.79 Å². The number of rotatable bonds is 5. The summed E-state index contributed by atoms with van der Waals surface area (Å²) < 4.78 is 16.8. The summed E-state index contributed by atoms with van der Waals surface area (Å²) in [4.78, 5) is 60.4. The lowest BCUT2D eigenvalue weighted by Crippen LogP contribution is -2.42. The highest BCUT2D eigenvalue weighted by Crippen LogP contribution is 2.44. The van der Waals surface area contributed by atoms with Gasteiger partial charge in [0.2, 0.25) is 0 Å². The van der Waals surface area contributed by atoms with Crippen molar-refractivity contribution in [2.24, 2.45) is 0 Å². The van der Waals surface area contributed by atoms with Gasteiger partial charge in [-0.05, 0) is 6.92 Å². The van der Waals surface area contributed by atoms with Crippen molar-refractivity contribution in [3.05, 3.63) is 32.6 Å². The molecular formula is C16H20N2O8S. The molecule has 4 atom stereocenters. The normalized spacial score (nSPS) is 24.3. The van der Waals surface area contributed by atoms with Crippen molar-refractivity contribution in [2.75, 3.05) is 6.61 Å². The average Bonchev–Trinajstić information content (AvgIpc) is 2.85. The zero-order valence-electron chi connectivity index (χ0n) is 15.2. The second kappa shape index (κ2) is 8.42. The largest absolute Gasteiger partial charge is 0.465 e. The first-order valence-electron chi connectivity index (χ1n) is 8.05. The first-order chi connectivity index (χ1) is 12.6. The average molecular weight is 400 g/mol. The number of ether oxygens (including phenoxy) is 3. The fraction of sp³-hybridized carbons (Fsp3) is 0.562. The van der Waals surface area contributed by atoms with Crippen LogP contribution in [-0.2, 0) is 28.6 Å². The molecule has 0 aliphatic carbocycles. The van der Waals surface area contributed by atoms with E-state index >= 15 is 0 Å². The Labute approximate surface area is 158 Å². The van der Waals surface area contributed by atoms with E-state index in [4.69, 9.17) is 14.2 Å². The number of carbonyl (C=O) groups is 3. The van der Waals surface area contributed by atoms with Crippen LogP contribution in [0.5, 0.6) is 0 Å². The van der Waals surface area contributed by atoms with Crippen molar-refractivity contribution in [3.63, 3.8) is 0 Å². The third-order valence-corrected chi connectivity index (χ3v) is 5.29. The molecule has 1 aromatic rings. The van der Waals surface area contributed by atoms with Crippen molar-refractivity contribution >= 4 is 29.7 Å². The summed E-state index contributed by atoms with van der Waals surface area (Å²) in [6.07, 6.45) is -0.617. The SMILES string of the molecule is CC(=O)OC[C@@H]1S[C@H](n2cc(C)c(=O)[nH]c2=O)[C@@H](OC(C)=O)[C@H]1OC(C)=O. The Kier molecular flexibility index (Phi) is 6.47. The van der Waals surface area contributed by atoms with Crippen molar-refractivity contribution < 1.29 is 28.6 Å². The molecule has 11 heteroatoms. The zero-order chi connectivity index (χ0) is 20.3. The number of aromatic nitrogens is 2. The Balaban J connectivity index is 2.47. The molecule has 1 N–H and O–H groups in total. The highest BCUT2D eigenvalue weighted by atomic mass is 32.2. The molecule has 2 heterocycles. The van der Waals surface area contributed by atoms with E-state index in [1.807, 2.05) is 0 Å². The molecule has 0 radical (unpaired) electrons. The fourth-order valence-electron chi connectivity index (χ4n) is 2.69. The molecule has 1 aliphatic rings. The van der Waals surface area contributed by atoms with E-state index in [2.05, 4.69) is 4.98 Å². The first kappa shape index (κ1) is 20.7. The van der Waals surface area contributed by atoms with E-state index < -0.39 is 52.0 Å². The van der Waals surface area contributed by atoms with Gasteiger partial charge >= 0.3 is 23.6 Å². The van der Waals surface area contributed by atoms with Crippen LogP contribution in [0.4, 0.5) is 0 Å². The summed E-state index contributed by atoms with van der Waals surface area (Å²) in [6, 6.07) is 0. The van der Waals surface area contributed by atoms with Crippen LogP contribution in [0.2, 0.25) is 0 Å². The minimum Gasteiger partial charge on any atom is -0.465 e. The van der Waals surface area contributed by atoms with E-state index in [9.17, 15) is 24.0 Å². The monoisotopic (exact) mass is 400 g/mol.